The van der Waals surface area contributed by atoms with E-state index in [2.05, 4.69) is 0 Å². The molecule has 14 heavy (non-hydrogen) atoms. The van der Waals surface area contributed by atoms with Gasteiger partial charge in [-0.25, -0.2) is 0 Å². The third kappa shape index (κ3) is 1.70. The molecule has 1 heterocycles. The summed E-state index contributed by atoms with van der Waals surface area (Å²) in [5, 5.41) is 0. The largest absolute Gasteiger partial charge is 0.493 e. The van der Waals surface area contributed by atoms with Crippen molar-refractivity contribution in [3.8, 4) is 5.75 Å². The number of hydrogen-bond acceptors (Lipinski definition) is 3. The molecule has 3 nitrogen and oxygen atoms in total. The molecule has 0 saturated carbocycles. The van der Waals surface area contributed by atoms with Crippen LogP contribution in [0.3, 0.4) is 0 Å². The summed E-state index contributed by atoms with van der Waals surface area (Å²) in [6.07, 6.45) is 0.693. The zero-order valence-corrected chi connectivity index (χ0v) is 9.56. The van der Waals surface area contributed by atoms with Gasteiger partial charge in [0.05, 0.1) is 12.5 Å². The van der Waals surface area contributed by atoms with Crippen molar-refractivity contribution in [2.45, 2.75) is 12.3 Å². The van der Waals surface area contributed by atoms with E-state index in [4.69, 9.17) is 7.80 Å². The SMILES string of the molecule is O=C(OI)C1CCOc2ccccc21. The van der Waals surface area contributed by atoms with Gasteiger partial charge in [-0.15, -0.1) is 0 Å². The molecule has 0 aliphatic carbocycles. The summed E-state index contributed by atoms with van der Waals surface area (Å²) < 4.78 is 10.2. The summed E-state index contributed by atoms with van der Waals surface area (Å²) in [4.78, 5) is 11.4. The lowest BCUT2D eigenvalue weighted by Gasteiger charge is -2.23. The minimum Gasteiger partial charge on any atom is -0.493 e. The average Bonchev–Trinajstić information content (AvgIpc) is 2.27. The van der Waals surface area contributed by atoms with Crippen LogP contribution < -0.4 is 4.74 Å². The Morgan fingerprint density at radius 3 is 3.07 bits per heavy atom. The number of hydrogen-bond donors (Lipinski definition) is 0. The van der Waals surface area contributed by atoms with Crippen molar-refractivity contribution in [3.63, 3.8) is 0 Å². The number of carbonyl (C=O) groups is 1. The highest BCUT2D eigenvalue weighted by Gasteiger charge is 2.28. The number of rotatable bonds is 1. The molecule has 1 unspecified atom stereocenters. The van der Waals surface area contributed by atoms with E-state index < -0.39 is 0 Å². The van der Waals surface area contributed by atoms with Crippen LogP contribution >= 0.6 is 23.0 Å². The second kappa shape index (κ2) is 4.16. The van der Waals surface area contributed by atoms with Gasteiger partial charge in [-0.2, -0.15) is 0 Å². The molecule has 74 valence electrons. The number of benzene rings is 1. The molecule has 0 spiro atoms. The van der Waals surface area contributed by atoms with E-state index in [9.17, 15) is 4.79 Å². The molecule has 0 aromatic heterocycles. The van der Waals surface area contributed by atoms with Crippen molar-refractivity contribution in [1.29, 1.82) is 0 Å². The molecule has 0 N–H and O–H groups in total. The number of ether oxygens (including phenoxy) is 1. The average molecular weight is 304 g/mol. The third-order valence-electron chi connectivity index (χ3n) is 2.32. The Kier molecular flexibility index (Phi) is 2.90. The molecule has 2 rings (SSSR count). The van der Waals surface area contributed by atoms with Gasteiger partial charge in [0.2, 0.25) is 0 Å². The van der Waals surface area contributed by atoms with Crippen molar-refractivity contribution in [2.75, 3.05) is 6.61 Å². The fourth-order valence-electron chi connectivity index (χ4n) is 1.64. The zero-order chi connectivity index (χ0) is 9.97. The Balaban J connectivity index is 2.35. The maximum atomic E-state index is 11.4. The fraction of sp³-hybridized carbons (Fsp3) is 0.300. The van der Waals surface area contributed by atoms with Gasteiger partial charge in [0.15, 0.2) is 23.0 Å². The molecule has 1 aliphatic heterocycles. The number of carbonyl (C=O) groups excluding carboxylic acids is 1. The molecule has 1 aliphatic rings. The van der Waals surface area contributed by atoms with Gasteiger partial charge in [-0.1, -0.05) is 18.2 Å². The molecule has 1 aromatic carbocycles. The van der Waals surface area contributed by atoms with Crippen LogP contribution in [0.4, 0.5) is 0 Å². The number of para-hydroxylation sites is 1. The van der Waals surface area contributed by atoms with E-state index in [0.717, 1.165) is 11.3 Å². The van der Waals surface area contributed by atoms with Crippen LogP contribution in [0.1, 0.15) is 17.9 Å². The summed E-state index contributed by atoms with van der Waals surface area (Å²) in [7, 11) is 0. The summed E-state index contributed by atoms with van der Waals surface area (Å²) in [6.45, 7) is 0.577. The van der Waals surface area contributed by atoms with Crippen LogP contribution in [-0.2, 0) is 7.86 Å². The topological polar surface area (TPSA) is 35.5 Å². The van der Waals surface area contributed by atoms with E-state index in [-0.39, 0.29) is 11.9 Å². The standard InChI is InChI=1S/C10H9IO3/c11-14-10(12)8-5-6-13-9-4-2-1-3-7(8)9/h1-4,8H,5-6H2. The Labute approximate surface area is 96.1 Å². The zero-order valence-electron chi connectivity index (χ0n) is 7.40. The van der Waals surface area contributed by atoms with Gasteiger partial charge in [-0.05, 0) is 12.5 Å². The molecule has 4 heteroatoms. The fourth-order valence-corrected chi connectivity index (χ4v) is 1.95. The monoisotopic (exact) mass is 304 g/mol. The van der Waals surface area contributed by atoms with Crippen LogP contribution in [-0.4, -0.2) is 12.6 Å². The molecule has 1 atom stereocenters. The van der Waals surface area contributed by atoms with Crippen molar-refractivity contribution in [3.05, 3.63) is 29.8 Å². The van der Waals surface area contributed by atoms with Crippen LogP contribution in [0.5, 0.6) is 5.75 Å². The molecule has 0 radical (unpaired) electrons. The van der Waals surface area contributed by atoms with Gasteiger partial charge >= 0.3 is 5.97 Å². The minimum atomic E-state index is -0.193. The van der Waals surface area contributed by atoms with E-state index >= 15 is 0 Å². The molecular weight excluding hydrogens is 295 g/mol. The maximum Gasteiger partial charge on any atom is 0.323 e. The lowest BCUT2D eigenvalue weighted by atomic mass is 9.93. The quantitative estimate of drug-likeness (QED) is 0.748. The van der Waals surface area contributed by atoms with Crippen LogP contribution in [0, 0.1) is 0 Å². The first-order valence-corrected chi connectivity index (χ1v) is 5.25. The molecule has 0 bridgehead atoms. The minimum absolute atomic E-state index is 0.170. The summed E-state index contributed by atoms with van der Waals surface area (Å²) >= 11 is 1.62. The highest BCUT2D eigenvalue weighted by molar-refractivity contribution is 14.1. The van der Waals surface area contributed by atoms with Crippen molar-refractivity contribution < 1.29 is 12.6 Å². The van der Waals surface area contributed by atoms with Gasteiger partial charge in [0.25, 0.3) is 0 Å². The number of fused-ring (bicyclic) bond motifs is 1. The number of halogens is 1. The van der Waals surface area contributed by atoms with Crippen LogP contribution in [0.2, 0.25) is 0 Å². The second-order valence-corrected chi connectivity index (χ2v) is 3.56. The normalized spacial score (nSPS) is 19.4. The predicted molar refractivity (Wildman–Crippen MR) is 59.4 cm³/mol. The predicted octanol–water partition coefficient (Wildman–Crippen LogP) is 2.45. The first-order chi connectivity index (χ1) is 6.83. The van der Waals surface area contributed by atoms with Gasteiger partial charge in [0, 0.05) is 5.56 Å². The van der Waals surface area contributed by atoms with E-state index in [1.54, 1.807) is 23.0 Å². The van der Waals surface area contributed by atoms with Crippen molar-refractivity contribution >= 4 is 29.0 Å². The summed E-state index contributed by atoms with van der Waals surface area (Å²) in [6, 6.07) is 7.59. The van der Waals surface area contributed by atoms with Crippen molar-refractivity contribution in [1.82, 2.24) is 0 Å². The van der Waals surface area contributed by atoms with E-state index in [1.807, 2.05) is 24.3 Å². The Hall–Kier alpha value is -0.780. The molecule has 1 aromatic rings. The Bertz CT molecular complexity index is 351. The summed E-state index contributed by atoms with van der Waals surface area (Å²) in [5.74, 6) is 0.434. The highest BCUT2D eigenvalue weighted by Crippen LogP contribution is 2.34. The first kappa shape index (κ1) is 9.76. The lowest BCUT2D eigenvalue weighted by Crippen LogP contribution is -2.21. The first-order valence-electron chi connectivity index (χ1n) is 4.37. The van der Waals surface area contributed by atoms with Gasteiger partial charge < -0.3 is 7.80 Å². The van der Waals surface area contributed by atoms with E-state index in [0.29, 0.717) is 13.0 Å². The van der Waals surface area contributed by atoms with Crippen LogP contribution in [0.25, 0.3) is 0 Å². The molecule has 0 saturated heterocycles. The van der Waals surface area contributed by atoms with Gasteiger partial charge in [0.1, 0.15) is 5.75 Å². The Morgan fingerprint density at radius 1 is 1.50 bits per heavy atom. The molecular formula is C10H9IO3. The van der Waals surface area contributed by atoms with Gasteiger partial charge in [-0.3, -0.25) is 4.79 Å². The maximum absolute atomic E-state index is 11.4. The summed E-state index contributed by atoms with van der Waals surface area (Å²) in [5.41, 5.74) is 0.931. The lowest BCUT2D eigenvalue weighted by molar-refractivity contribution is -0.133. The highest BCUT2D eigenvalue weighted by atomic mass is 127. The van der Waals surface area contributed by atoms with Crippen molar-refractivity contribution in [2.24, 2.45) is 0 Å². The third-order valence-corrected chi connectivity index (χ3v) is 2.75. The molecule has 0 fully saturated rings. The second-order valence-electron chi connectivity index (χ2n) is 3.12. The molecule has 0 amide bonds. The van der Waals surface area contributed by atoms with Crippen LogP contribution in [0.15, 0.2) is 24.3 Å². The van der Waals surface area contributed by atoms with E-state index in [1.165, 1.54) is 0 Å². The smallest absolute Gasteiger partial charge is 0.323 e. The Morgan fingerprint density at radius 2 is 2.29 bits per heavy atom.